The minimum Gasteiger partial charge on any atom is -0.224 e. The molecular weight excluding hydrogens is 330 g/mol. The van der Waals surface area contributed by atoms with Crippen molar-refractivity contribution in [1.29, 1.82) is 0 Å². The summed E-state index contributed by atoms with van der Waals surface area (Å²) >= 11 is 1.48. The highest BCUT2D eigenvalue weighted by molar-refractivity contribution is 7.90. The quantitative estimate of drug-likeness (QED) is 0.831. The second-order valence-electron chi connectivity index (χ2n) is 4.58. The van der Waals surface area contributed by atoms with Crippen molar-refractivity contribution in [2.45, 2.75) is 16.3 Å². The first kappa shape index (κ1) is 16.2. The highest BCUT2D eigenvalue weighted by Gasteiger charge is 2.21. The Hall–Kier alpha value is -1.22. The summed E-state index contributed by atoms with van der Waals surface area (Å²) in [7, 11) is -5.47. The molecule has 0 bridgehead atoms. The summed E-state index contributed by atoms with van der Waals surface area (Å²) in [4.78, 5) is 1.12. The zero-order valence-corrected chi connectivity index (χ0v) is 14.0. The lowest BCUT2D eigenvalue weighted by Gasteiger charge is -2.16. The highest BCUT2D eigenvalue weighted by Crippen LogP contribution is 2.20. The fourth-order valence-corrected chi connectivity index (χ4v) is 4.36. The Morgan fingerprint density at radius 2 is 1.57 bits per heavy atom. The van der Waals surface area contributed by atoms with Crippen molar-refractivity contribution in [2.75, 3.05) is 13.3 Å². The number of thiophene rings is 1. The Morgan fingerprint density at radius 3 is 2.05 bits per heavy atom. The summed E-state index contributed by atoms with van der Waals surface area (Å²) in [5, 5.41) is 1.89. The molecular formula is C13H15NO4S3. The van der Waals surface area contributed by atoms with E-state index in [1.165, 1.54) is 47.0 Å². The van der Waals surface area contributed by atoms with Gasteiger partial charge in [0.05, 0.1) is 9.79 Å². The zero-order valence-electron chi connectivity index (χ0n) is 11.6. The SMILES string of the molecule is CN(Cc1cccs1)S(=O)(=O)c1ccc(S(C)(=O)=O)cc1. The van der Waals surface area contributed by atoms with E-state index >= 15 is 0 Å². The van der Waals surface area contributed by atoms with Gasteiger partial charge in [-0.2, -0.15) is 4.31 Å². The topological polar surface area (TPSA) is 71.5 Å². The fraction of sp³-hybridized carbons (Fsp3) is 0.231. The van der Waals surface area contributed by atoms with E-state index in [1.54, 1.807) is 0 Å². The Morgan fingerprint density at radius 1 is 1.00 bits per heavy atom. The van der Waals surface area contributed by atoms with E-state index in [1.807, 2.05) is 17.5 Å². The molecule has 0 saturated heterocycles. The molecule has 0 spiro atoms. The Labute approximate surface area is 128 Å². The summed E-state index contributed by atoms with van der Waals surface area (Å²) in [5.74, 6) is 0. The van der Waals surface area contributed by atoms with Crippen LogP contribution in [-0.2, 0) is 26.4 Å². The van der Waals surface area contributed by atoms with Crippen molar-refractivity contribution >= 4 is 31.2 Å². The third-order valence-electron chi connectivity index (χ3n) is 2.92. The molecule has 8 heteroatoms. The molecule has 2 rings (SSSR count). The van der Waals surface area contributed by atoms with E-state index in [9.17, 15) is 16.8 Å². The van der Waals surface area contributed by atoms with Gasteiger partial charge in [-0.1, -0.05) is 6.07 Å². The standard InChI is InChI=1S/C13H15NO4S3/c1-14(10-11-4-3-9-19-11)21(17,18)13-7-5-12(6-8-13)20(2,15)16/h3-9H,10H2,1-2H3. The molecule has 1 aromatic heterocycles. The van der Waals surface area contributed by atoms with Gasteiger partial charge in [0.15, 0.2) is 9.84 Å². The molecule has 0 radical (unpaired) electrons. The van der Waals surface area contributed by atoms with E-state index in [0.29, 0.717) is 0 Å². The predicted molar refractivity (Wildman–Crippen MR) is 82.5 cm³/mol. The number of hydrogen-bond acceptors (Lipinski definition) is 5. The van der Waals surface area contributed by atoms with Gasteiger partial charge in [-0.05, 0) is 35.7 Å². The van der Waals surface area contributed by atoms with E-state index < -0.39 is 19.9 Å². The lowest BCUT2D eigenvalue weighted by atomic mass is 10.4. The second kappa shape index (κ2) is 5.88. The van der Waals surface area contributed by atoms with Crippen molar-refractivity contribution in [3.63, 3.8) is 0 Å². The van der Waals surface area contributed by atoms with Crippen LogP contribution >= 0.6 is 11.3 Å². The van der Waals surface area contributed by atoms with Crippen LogP contribution in [0.1, 0.15) is 4.88 Å². The molecule has 21 heavy (non-hydrogen) atoms. The van der Waals surface area contributed by atoms with Gasteiger partial charge in [-0.25, -0.2) is 16.8 Å². The molecule has 0 atom stereocenters. The highest BCUT2D eigenvalue weighted by atomic mass is 32.2. The van der Waals surface area contributed by atoms with Crippen molar-refractivity contribution in [3.8, 4) is 0 Å². The maximum atomic E-state index is 12.4. The van der Waals surface area contributed by atoms with Crippen LogP contribution < -0.4 is 0 Å². The summed E-state index contributed by atoms with van der Waals surface area (Å²) < 4.78 is 48.8. The van der Waals surface area contributed by atoms with Crippen molar-refractivity contribution < 1.29 is 16.8 Å². The van der Waals surface area contributed by atoms with E-state index in [4.69, 9.17) is 0 Å². The molecule has 0 aliphatic rings. The molecule has 0 aliphatic heterocycles. The summed E-state index contributed by atoms with van der Waals surface area (Å²) in [6.07, 6.45) is 1.08. The third-order valence-corrected chi connectivity index (χ3v) is 6.73. The maximum absolute atomic E-state index is 12.4. The number of hydrogen-bond donors (Lipinski definition) is 0. The molecule has 0 aliphatic carbocycles. The lowest BCUT2D eigenvalue weighted by molar-refractivity contribution is 0.469. The van der Waals surface area contributed by atoms with Crippen LogP contribution in [0.4, 0.5) is 0 Å². The number of benzene rings is 1. The predicted octanol–water partition coefficient (Wildman–Crippen LogP) is 1.97. The summed E-state index contributed by atoms with van der Waals surface area (Å²) in [6.45, 7) is 0.286. The number of sulfone groups is 1. The van der Waals surface area contributed by atoms with Gasteiger partial charge >= 0.3 is 0 Å². The van der Waals surface area contributed by atoms with Gasteiger partial charge in [0, 0.05) is 24.7 Å². The Kier molecular flexibility index (Phi) is 4.52. The summed E-state index contributed by atoms with van der Waals surface area (Å²) in [6, 6.07) is 8.97. The zero-order chi connectivity index (χ0) is 15.7. The molecule has 1 aromatic carbocycles. The van der Waals surface area contributed by atoms with Crippen LogP contribution in [-0.4, -0.2) is 34.4 Å². The summed E-state index contributed by atoms with van der Waals surface area (Å²) in [5.41, 5.74) is 0. The molecule has 0 saturated carbocycles. The molecule has 0 N–H and O–H groups in total. The van der Waals surface area contributed by atoms with Gasteiger partial charge in [0.1, 0.15) is 0 Å². The first-order chi connectivity index (χ1) is 9.71. The largest absolute Gasteiger partial charge is 0.243 e. The van der Waals surface area contributed by atoms with Gasteiger partial charge in [0.25, 0.3) is 0 Å². The van der Waals surface area contributed by atoms with Crippen LogP contribution in [0.5, 0.6) is 0 Å². The molecule has 114 valence electrons. The number of nitrogens with zero attached hydrogens (tertiary/aromatic N) is 1. The monoisotopic (exact) mass is 345 g/mol. The molecule has 0 amide bonds. The molecule has 0 unspecified atom stereocenters. The Balaban J connectivity index is 2.27. The van der Waals surface area contributed by atoms with Gasteiger partial charge in [0.2, 0.25) is 10.0 Å². The van der Waals surface area contributed by atoms with E-state index in [2.05, 4.69) is 0 Å². The van der Waals surface area contributed by atoms with Crippen LogP contribution in [0.15, 0.2) is 51.6 Å². The van der Waals surface area contributed by atoms with E-state index in [0.717, 1.165) is 11.1 Å². The normalized spacial score (nSPS) is 12.7. The van der Waals surface area contributed by atoms with Crippen LogP contribution in [0.25, 0.3) is 0 Å². The van der Waals surface area contributed by atoms with Gasteiger partial charge in [-0.3, -0.25) is 0 Å². The first-order valence-electron chi connectivity index (χ1n) is 6.00. The smallest absolute Gasteiger partial charge is 0.224 e. The minimum atomic E-state index is -3.63. The second-order valence-corrected chi connectivity index (χ2v) is 9.68. The average molecular weight is 345 g/mol. The van der Waals surface area contributed by atoms with Crippen LogP contribution in [0, 0.1) is 0 Å². The van der Waals surface area contributed by atoms with Gasteiger partial charge < -0.3 is 0 Å². The average Bonchev–Trinajstić information content (AvgIpc) is 2.90. The van der Waals surface area contributed by atoms with Crippen molar-refractivity contribution in [1.82, 2.24) is 4.31 Å². The third kappa shape index (κ3) is 3.70. The Bertz CT molecular complexity index is 807. The lowest BCUT2D eigenvalue weighted by Crippen LogP contribution is -2.26. The number of sulfonamides is 1. The minimum absolute atomic E-state index is 0.0777. The number of rotatable bonds is 5. The van der Waals surface area contributed by atoms with Crippen molar-refractivity contribution in [2.24, 2.45) is 0 Å². The first-order valence-corrected chi connectivity index (χ1v) is 10.2. The molecule has 1 heterocycles. The molecule has 5 nitrogen and oxygen atoms in total. The van der Waals surface area contributed by atoms with Crippen molar-refractivity contribution in [3.05, 3.63) is 46.7 Å². The fourth-order valence-electron chi connectivity index (χ4n) is 1.75. The maximum Gasteiger partial charge on any atom is 0.243 e. The molecule has 0 fully saturated rings. The van der Waals surface area contributed by atoms with E-state index in [-0.39, 0.29) is 16.3 Å². The van der Waals surface area contributed by atoms with Gasteiger partial charge in [-0.15, -0.1) is 11.3 Å². The van der Waals surface area contributed by atoms with Crippen LogP contribution in [0.2, 0.25) is 0 Å². The van der Waals surface area contributed by atoms with Crippen LogP contribution in [0.3, 0.4) is 0 Å². The molecule has 2 aromatic rings.